The summed E-state index contributed by atoms with van der Waals surface area (Å²) in [7, 11) is 0. The molecule has 9 heteroatoms. The summed E-state index contributed by atoms with van der Waals surface area (Å²) in [5, 5.41) is 27.8. The van der Waals surface area contributed by atoms with Gasteiger partial charge in [0.05, 0.1) is 17.4 Å². The third-order valence-corrected chi connectivity index (χ3v) is 7.12. The van der Waals surface area contributed by atoms with Crippen molar-refractivity contribution >= 4 is 34.8 Å². The Labute approximate surface area is 227 Å². The molecular formula is C28H46N6O2S. The van der Waals surface area contributed by atoms with E-state index in [1.807, 2.05) is 45.4 Å². The maximum Gasteiger partial charge on any atom is 0.225 e. The van der Waals surface area contributed by atoms with Gasteiger partial charge in [-0.1, -0.05) is 20.8 Å². The SMILES string of the molecule is CCC(CO)[C@@H](O)CNc1nc(N[C@H](C)C2CC2)nc(C)c1C(=N/C(C)=C/C=C\N=CCC(C)C)SC. The number of aliphatic imine (C=N–C) groups is 2. The number of aliphatic hydroxyl groups excluding tert-OH is 2. The first kappa shape index (κ1) is 31.0. The van der Waals surface area contributed by atoms with E-state index in [0.717, 1.165) is 28.4 Å². The molecule has 4 N–H and O–H groups in total. The Kier molecular flexibility index (Phi) is 13.3. The van der Waals surface area contributed by atoms with Gasteiger partial charge in [-0.2, -0.15) is 4.98 Å². The number of aliphatic hydroxyl groups is 2. The topological polar surface area (TPSA) is 115 Å². The van der Waals surface area contributed by atoms with Gasteiger partial charge in [-0.25, -0.2) is 9.98 Å². The molecule has 0 amide bonds. The van der Waals surface area contributed by atoms with Crippen LogP contribution in [0.5, 0.6) is 0 Å². The number of hydrogen-bond donors (Lipinski definition) is 4. The van der Waals surface area contributed by atoms with Gasteiger partial charge in [0.1, 0.15) is 10.9 Å². The fraction of sp³-hybridized carbons (Fsp3) is 0.643. The maximum absolute atomic E-state index is 10.6. The van der Waals surface area contributed by atoms with E-state index in [0.29, 0.717) is 36.1 Å². The third-order valence-electron chi connectivity index (χ3n) is 6.43. The fourth-order valence-corrected chi connectivity index (χ4v) is 4.48. The van der Waals surface area contributed by atoms with E-state index in [1.165, 1.54) is 24.6 Å². The van der Waals surface area contributed by atoms with E-state index in [4.69, 9.17) is 15.0 Å². The standard InChI is InChI=1S/C28H46N6O2S/c1-8-22(17-35)24(36)16-30-26-25(21(6)33-28(34-26)32-20(5)23-11-12-23)27(37-7)31-19(4)10-9-14-29-15-13-18(2)3/h9-10,14-15,18,20,22-24,35-36H,8,11-13,16-17H2,1-7H3,(H2,30,32,33,34)/b14-9-,19-10+,29-15?,31-27?/t20-,22?,24+/m1/s1. The lowest BCUT2D eigenvalue weighted by Crippen LogP contribution is -2.31. The molecule has 1 aromatic rings. The van der Waals surface area contributed by atoms with Crippen molar-refractivity contribution in [2.24, 2.45) is 27.7 Å². The lowest BCUT2D eigenvalue weighted by molar-refractivity contribution is 0.0742. The summed E-state index contributed by atoms with van der Waals surface area (Å²) in [4.78, 5) is 18.7. The van der Waals surface area contributed by atoms with Crippen LogP contribution in [0.1, 0.15) is 71.6 Å². The van der Waals surface area contributed by atoms with Crippen molar-refractivity contribution in [1.29, 1.82) is 0 Å². The molecule has 0 aliphatic heterocycles. The molecule has 1 heterocycles. The van der Waals surface area contributed by atoms with Gasteiger partial charge in [0.15, 0.2) is 0 Å². The van der Waals surface area contributed by atoms with Gasteiger partial charge >= 0.3 is 0 Å². The Balaban J connectivity index is 2.33. The van der Waals surface area contributed by atoms with Gasteiger partial charge in [-0.15, -0.1) is 11.8 Å². The molecule has 0 saturated heterocycles. The first-order valence-corrected chi connectivity index (χ1v) is 14.6. The second-order valence-electron chi connectivity index (χ2n) is 10.2. The van der Waals surface area contributed by atoms with E-state index >= 15 is 0 Å². The molecular weight excluding hydrogens is 484 g/mol. The van der Waals surface area contributed by atoms with E-state index in [1.54, 1.807) is 6.20 Å². The Hall–Kier alpha value is -2.23. The Bertz CT molecular complexity index is 968. The minimum atomic E-state index is -0.697. The van der Waals surface area contributed by atoms with E-state index in [9.17, 15) is 10.2 Å². The highest BCUT2D eigenvalue weighted by molar-refractivity contribution is 8.13. The van der Waals surface area contributed by atoms with Crippen molar-refractivity contribution < 1.29 is 10.2 Å². The van der Waals surface area contributed by atoms with E-state index < -0.39 is 6.10 Å². The predicted molar refractivity (Wildman–Crippen MR) is 159 cm³/mol. The molecule has 0 aromatic carbocycles. The average Bonchev–Trinajstić information content (AvgIpc) is 3.70. The van der Waals surface area contributed by atoms with Crippen LogP contribution in [0.4, 0.5) is 11.8 Å². The van der Waals surface area contributed by atoms with E-state index in [-0.39, 0.29) is 19.1 Å². The van der Waals surface area contributed by atoms with Gasteiger partial charge < -0.3 is 20.8 Å². The Morgan fingerprint density at radius 3 is 2.57 bits per heavy atom. The lowest BCUT2D eigenvalue weighted by Gasteiger charge is -2.22. The quantitative estimate of drug-likeness (QED) is 0.136. The zero-order chi connectivity index (χ0) is 27.4. The summed E-state index contributed by atoms with van der Waals surface area (Å²) in [5.74, 6) is 2.25. The molecule has 3 atom stereocenters. The molecule has 206 valence electrons. The molecule has 0 spiro atoms. The van der Waals surface area contributed by atoms with Crippen molar-refractivity contribution in [2.45, 2.75) is 79.4 Å². The summed E-state index contributed by atoms with van der Waals surface area (Å²) in [6.07, 6.45) is 12.9. The monoisotopic (exact) mass is 530 g/mol. The number of rotatable bonds is 15. The number of nitrogens with zero attached hydrogens (tertiary/aromatic N) is 4. The van der Waals surface area contributed by atoms with Crippen LogP contribution in [0.2, 0.25) is 0 Å². The van der Waals surface area contributed by atoms with Crippen LogP contribution in [0, 0.1) is 24.7 Å². The number of nitrogens with one attached hydrogen (secondary N) is 2. The number of anilines is 2. The van der Waals surface area contributed by atoms with Crippen molar-refractivity contribution in [3.05, 3.63) is 35.3 Å². The summed E-state index contributed by atoms with van der Waals surface area (Å²) < 4.78 is 0. The zero-order valence-electron chi connectivity index (χ0n) is 23.5. The minimum absolute atomic E-state index is 0.0583. The first-order chi connectivity index (χ1) is 17.7. The van der Waals surface area contributed by atoms with Crippen LogP contribution < -0.4 is 10.6 Å². The second kappa shape index (κ2) is 15.9. The molecule has 1 aliphatic carbocycles. The number of allylic oxidation sites excluding steroid dienone is 3. The predicted octanol–water partition coefficient (Wildman–Crippen LogP) is 5.43. The third kappa shape index (κ3) is 10.6. The second-order valence-corrected chi connectivity index (χ2v) is 11.0. The minimum Gasteiger partial charge on any atom is -0.396 e. The normalized spacial score (nSPS) is 17.6. The lowest BCUT2D eigenvalue weighted by atomic mass is 10.0. The van der Waals surface area contributed by atoms with Crippen LogP contribution >= 0.6 is 11.8 Å². The summed E-state index contributed by atoms with van der Waals surface area (Å²) in [5.41, 5.74) is 2.45. The van der Waals surface area contributed by atoms with Crippen LogP contribution in [0.25, 0.3) is 0 Å². The molecule has 1 aromatic heterocycles. The Morgan fingerprint density at radius 1 is 1.24 bits per heavy atom. The molecule has 37 heavy (non-hydrogen) atoms. The highest BCUT2D eigenvalue weighted by Crippen LogP contribution is 2.34. The molecule has 2 rings (SSSR count). The average molecular weight is 531 g/mol. The van der Waals surface area contributed by atoms with Crippen molar-refractivity contribution in [1.82, 2.24) is 9.97 Å². The molecule has 1 unspecified atom stereocenters. The van der Waals surface area contributed by atoms with Gasteiger partial charge in [0.25, 0.3) is 0 Å². The van der Waals surface area contributed by atoms with E-state index in [2.05, 4.69) is 36.4 Å². The van der Waals surface area contributed by atoms with Gasteiger partial charge in [0, 0.05) is 43.2 Å². The maximum atomic E-state index is 10.6. The van der Waals surface area contributed by atoms with Crippen molar-refractivity contribution in [3.63, 3.8) is 0 Å². The van der Waals surface area contributed by atoms with Crippen LogP contribution in [0.15, 0.2) is 34.0 Å². The van der Waals surface area contributed by atoms with Gasteiger partial charge in [0.2, 0.25) is 5.95 Å². The molecule has 1 saturated carbocycles. The summed E-state index contributed by atoms with van der Waals surface area (Å²) in [6, 6.07) is 0.302. The van der Waals surface area contributed by atoms with Gasteiger partial charge in [-0.05, 0) is 76.7 Å². The summed E-state index contributed by atoms with van der Waals surface area (Å²) >= 11 is 1.53. The van der Waals surface area contributed by atoms with Crippen LogP contribution in [-0.4, -0.2) is 63.0 Å². The fourth-order valence-electron chi connectivity index (χ4n) is 3.80. The zero-order valence-corrected chi connectivity index (χ0v) is 24.3. The number of hydrogen-bond acceptors (Lipinski definition) is 9. The van der Waals surface area contributed by atoms with Gasteiger partial charge in [-0.3, -0.25) is 4.99 Å². The summed E-state index contributed by atoms with van der Waals surface area (Å²) in [6.45, 7) is 12.6. The number of aryl methyl sites for hydroxylation is 1. The van der Waals surface area contributed by atoms with Crippen molar-refractivity contribution in [3.8, 4) is 0 Å². The molecule has 0 radical (unpaired) electrons. The van der Waals surface area contributed by atoms with Crippen LogP contribution in [0.3, 0.4) is 0 Å². The largest absolute Gasteiger partial charge is 0.396 e. The number of aromatic nitrogens is 2. The molecule has 1 fully saturated rings. The van der Waals surface area contributed by atoms with Crippen LogP contribution in [-0.2, 0) is 0 Å². The first-order valence-electron chi connectivity index (χ1n) is 13.4. The smallest absolute Gasteiger partial charge is 0.225 e. The molecule has 1 aliphatic rings. The Morgan fingerprint density at radius 2 is 1.97 bits per heavy atom. The molecule has 8 nitrogen and oxygen atoms in total. The highest BCUT2D eigenvalue weighted by atomic mass is 32.2. The van der Waals surface area contributed by atoms with Crippen molar-refractivity contribution in [2.75, 3.05) is 30.0 Å². The molecule has 0 bridgehead atoms. The highest BCUT2D eigenvalue weighted by Gasteiger charge is 2.29. The number of thioether (sulfide) groups is 1.